The normalized spacial score (nSPS) is 13.3. The lowest BCUT2D eigenvalue weighted by Gasteiger charge is -2.10. The summed E-state index contributed by atoms with van der Waals surface area (Å²) in [6.07, 6.45) is 2.05. The average molecular weight is 227 g/mol. The van der Waals surface area contributed by atoms with Gasteiger partial charge < -0.3 is 10.5 Å². The van der Waals surface area contributed by atoms with E-state index in [-0.39, 0.29) is 6.04 Å². The minimum Gasteiger partial charge on any atom is -0.381 e. The van der Waals surface area contributed by atoms with Crippen LogP contribution in [0.2, 0.25) is 0 Å². The van der Waals surface area contributed by atoms with E-state index < -0.39 is 0 Å². The van der Waals surface area contributed by atoms with Crippen LogP contribution in [0.4, 0.5) is 0 Å². The van der Waals surface area contributed by atoms with E-state index in [9.17, 15) is 0 Å². The minimum absolute atomic E-state index is 0.143. The summed E-state index contributed by atoms with van der Waals surface area (Å²) in [5.41, 5.74) is 6.01. The summed E-state index contributed by atoms with van der Waals surface area (Å²) in [5.74, 6) is 0.718. The van der Waals surface area contributed by atoms with Gasteiger partial charge in [-0.2, -0.15) is 0 Å². The minimum atomic E-state index is 0.143. The maximum atomic E-state index is 6.01. The van der Waals surface area contributed by atoms with Gasteiger partial charge in [0.1, 0.15) is 0 Å². The molecule has 1 unspecified atom stereocenters. The Labute approximate surface area is 96.4 Å². The number of nitrogens with two attached hydrogens (primary N) is 1. The first kappa shape index (κ1) is 12.7. The van der Waals surface area contributed by atoms with Crippen molar-refractivity contribution in [3.05, 3.63) is 22.4 Å². The highest BCUT2D eigenvalue weighted by Gasteiger charge is 2.06. The number of hydrogen-bond acceptors (Lipinski definition) is 3. The number of thiophene rings is 1. The van der Waals surface area contributed by atoms with Crippen molar-refractivity contribution in [3.8, 4) is 0 Å². The molecule has 0 radical (unpaired) electrons. The molecule has 0 fully saturated rings. The predicted octanol–water partition coefficient (Wildman–Crippen LogP) is 3.20. The summed E-state index contributed by atoms with van der Waals surface area (Å²) >= 11 is 1.72. The fourth-order valence-corrected chi connectivity index (χ4v) is 2.04. The van der Waals surface area contributed by atoms with Crippen LogP contribution in [0.25, 0.3) is 0 Å². The maximum Gasteiger partial charge on any atom is 0.0484 e. The fraction of sp³-hybridized carbons (Fsp3) is 0.667. The molecule has 0 aromatic carbocycles. The van der Waals surface area contributed by atoms with Gasteiger partial charge in [-0.25, -0.2) is 0 Å². The fourth-order valence-electron chi connectivity index (χ4n) is 1.28. The van der Waals surface area contributed by atoms with E-state index in [0.29, 0.717) is 0 Å². The second kappa shape index (κ2) is 6.99. The maximum absolute atomic E-state index is 6.01. The molecule has 1 aromatic rings. The third-order valence-corrected chi connectivity index (χ3v) is 3.33. The number of rotatable bonds is 7. The zero-order chi connectivity index (χ0) is 11.1. The third-order valence-electron chi connectivity index (χ3n) is 2.32. The van der Waals surface area contributed by atoms with Crippen LogP contribution in [-0.4, -0.2) is 13.2 Å². The highest BCUT2D eigenvalue weighted by molar-refractivity contribution is 7.10. The summed E-state index contributed by atoms with van der Waals surface area (Å²) in [6.45, 7) is 6.04. The molecule has 0 aliphatic heterocycles. The molecule has 1 atom stereocenters. The summed E-state index contributed by atoms with van der Waals surface area (Å²) in [6, 6.07) is 4.27. The van der Waals surface area contributed by atoms with E-state index in [1.54, 1.807) is 11.3 Å². The van der Waals surface area contributed by atoms with E-state index in [4.69, 9.17) is 10.5 Å². The lowest BCUT2D eigenvalue weighted by Crippen LogP contribution is -2.12. The van der Waals surface area contributed by atoms with Gasteiger partial charge >= 0.3 is 0 Å². The molecule has 86 valence electrons. The summed E-state index contributed by atoms with van der Waals surface area (Å²) in [4.78, 5) is 1.25. The van der Waals surface area contributed by atoms with Gasteiger partial charge in [0.2, 0.25) is 0 Å². The smallest absolute Gasteiger partial charge is 0.0484 e. The summed E-state index contributed by atoms with van der Waals surface area (Å²) in [7, 11) is 0. The number of hydrogen-bond donors (Lipinski definition) is 1. The molecule has 15 heavy (non-hydrogen) atoms. The van der Waals surface area contributed by atoms with E-state index >= 15 is 0 Å². The van der Waals surface area contributed by atoms with E-state index in [2.05, 4.69) is 25.3 Å². The largest absolute Gasteiger partial charge is 0.381 e. The lowest BCUT2D eigenvalue weighted by molar-refractivity contribution is 0.117. The monoisotopic (exact) mass is 227 g/mol. The molecule has 1 heterocycles. The van der Waals surface area contributed by atoms with Gasteiger partial charge in [0.05, 0.1) is 0 Å². The molecule has 0 saturated heterocycles. The molecule has 3 heteroatoms. The first-order chi connectivity index (χ1) is 7.20. The molecule has 1 rings (SSSR count). The van der Waals surface area contributed by atoms with Crippen molar-refractivity contribution in [1.82, 2.24) is 0 Å². The molecule has 2 nitrogen and oxygen atoms in total. The Morgan fingerprint density at radius 3 is 2.67 bits per heavy atom. The standard InChI is InChI=1S/C12H21NOS/c1-10(2)5-7-14-8-6-11(13)12-4-3-9-15-12/h3-4,9-11H,5-8,13H2,1-2H3. The quantitative estimate of drug-likeness (QED) is 0.726. The molecule has 1 aromatic heterocycles. The van der Waals surface area contributed by atoms with Crippen molar-refractivity contribution in [2.75, 3.05) is 13.2 Å². The van der Waals surface area contributed by atoms with Crippen LogP contribution in [0.15, 0.2) is 17.5 Å². The number of ether oxygens (including phenoxy) is 1. The second-order valence-corrected chi connectivity index (χ2v) is 5.18. The average Bonchev–Trinajstić information content (AvgIpc) is 2.69. The molecule has 0 bridgehead atoms. The van der Waals surface area contributed by atoms with Gasteiger partial charge in [-0.05, 0) is 30.2 Å². The Bertz CT molecular complexity index is 246. The van der Waals surface area contributed by atoms with Gasteiger partial charge in [0.15, 0.2) is 0 Å². The Balaban J connectivity index is 2.05. The van der Waals surface area contributed by atoms with Gasteiger partial charge in [-0.3, -0.25) is 0 Å². The first-order valence-corrected chi connectivity index (χ1v) is 6.45. The summed E-state index contributed by atoms with van der Waals surface area (Å²) < 4.78 is 5.54. The third kappa shape index (κ3) is 5.30. The van der Waals surface area contributed by atoms with Crippen LogP contribution >= 0.6 is 11.3 Å². The Kier molecular flexibility index (Phi) is 5.91. The molecular weight excluding hydrogens is 206 g/mol. The molecule has 0 aliphatic carbocycles. The molecule has 0 saturated carbocycles. The van der Waals surface area contributed by atoms with Crippen molar-refractivity contribution < 1.29 is 4.74 Å². The van der Waals surface area contributed by atoms with Gasteiger partial charge in [-0.15, -0.1) is 11.3 Å². The zero-order valence-corrected chi connectivity index (χ0v) is 10.4. The van der Waals surface area contributed by atoms with E-state index in [1.165, 1.54) is 4.88 Å². The molecule has 2 N–H and O–H groups in total. The first-order valence-electron chi connectivity index (χ1n) is 5.57. The van der Waals surface area contributed by atoms with Crippen LogP contribution in [-0.2, 0) is 4.74 Å². The predicted molar refractivity (Wildman–Crippen MR) is 66.1 cm³/mol. The Morgan fingerprint density at radius 2 is 2.07 bits per heavy atom. The van der Waals surface area contributed by atoms with Gasteiger partial charge in [0, 0.05) is 24.1 Å². The topological polar surface area (TPSA) is 35.2 Å². The molecular formula is C12H21NOS. The van der Waals surface area contributed by atoms with Crippen molar-refractivity contribution in [2.24, 2.45) is 11.7 Å². The van der Waals surface area contributed by atoms with E-state index in [1.807, 2.05) is 6.07 Å². The van der Waals surface area contributed by atoms with Crippen molar-refractivity contribution in [3.63, 3.8) is 0 Å². The van der Waals surface area contributed by atoms with Gasteiger partial charge in [-0.1, -0.05) is 19.9 Å². The van der Waals surface area contributed by atoms with Crippen molar-refractivity contribution in [2.45, 2.75) is 32.7 Å². The molecule has 0 spiro atoms. The highest BCUT2D eigenvalue weighted by atomic mass is 32.1. The molecule has 0 aliphatic rings. The SMILES string of the molecule is CC(C)CCOCCC(N)c1cccs1. The zero-order valence-electron chi connectivity index (χ0n) is 9.61. The van der Waals surface area contributed by atoms with Crippen LogP contribution in [0.5, 0.6) is 0 Å². The lowest BCUT2D eigenvalue weighted by atomic mass is 10.1. The Hall–Kier alpha value is -0.380. The van der Waals surface area contributed by atoms with Crippen LogP contribution in [0.3, 0.4) is 0 Å². The van der Waals surface area contributed by atoms with E-state index in [0.717, 1.165) is 32.0 Å². The second-order valence-electron chi connectivity index (χ2n) is 4.21. The van der Waals surface area contributed by atoms with Gasteiger partial charge in [0.25, 0.3) is 0 Å². The van der Waals surface area contributed by atoms with Crippen molar-refractivity contribution in [1.29, 1.82) is 0 Å². The Morgan fingerprint density at radius 1 is 1.33 bits per heavy atom. The summed E-state index contributed by atoms with van der Waals surface area (Å²) in [5, 5.41) is 2.06. The van der Waals surface area contributed by atoms with Crippen LogP contribution in [0.1, 0.15) is 37.6 Å². The van der Waals surface area contributed by atoms with Crippen molar-refractivity contribution >= 4 is 11.3 Å². The van der Waals surface area contributed by atoms with Crippen LogP contribution < -0.4 is 5.73 Å². The highest BCUT2D eigenvalue weighted by Crippen LogP contribution is 2.19. The molecule has 0 amide bonds. The van der Waals surface area contributed by atoms with Crippen LogP contribution in [0, 0.1) is 5.92 Å².